The quantitative estimate of drug-likeness (QED) is 0.570. The second-order valence-corrected chi connectivity index (χ2v) is 4.55. The lowest BCUT2D eigenvalue weighted by atomic mass is 10.00. The smallest absolute Gasteiger partial charge is 0.328 e. The van der Waals surface area contributed by atoms with Crippen molar-refractivity contribution in [2.45, 2.75) is 39.0 Å². The molecule has 0 spiro atoms. The number of benzene rings is 1. The molecule has 1 aromatic carbocycles. The summed E-state index contributed by atoms with van der Waals surface area (Å²) < 4.78 is 5.22. The summed E-state index contributed by atoms with van der Waals surface area (Å²) in [6.07, 6.45) is 8.56. The zero-order valence-electron chi connectivity index (χ0n) is 11.7. The van der Waals surface area contributed by atoms with Gasteiger partial charge in [-0.1, -0.05) is 32.3 Å². The van der Waals surface area contributed by atoms with Crippen molar-refractivity contribution in [1.82, 2.24) is 0 Å². The van der Waals surface area contributed by atoms with Crippen LogP contribution in [0.3, 0.4) is 0 Å². The van der Waals surface area contributed by atoms with Crippen LogP contribution in [-0.2, 0) is 11.2 Å². The fraction of sp³-hybridized carbons (Fsp3) is 0.438. The minimum Gasteiger partial charge on any atom is -0.497 e. The van der Waals surface area contributed by atoms with Crippen LogP contribution >= 0.6 is 0 Å². The number of hydrogen-bond acceptors (Lipinski definition) is 2. The zero-order chi connectivity index (χ0) is 14.1. The van der Waals surface area contributed by atoms with Crippen LogP contribution in [0, 0.1) is 0 Å². The SMILES string of the molecule is CCCCCCc1cc(OC)ccc1/C=C/C(=O)O. The third-order valence-electron chi connectivity index (χ3n) is 3.06. The van der Waals surface area contributed by atoms with Gasteiger partial charge in [-0.2, -0.15) is 0 Å². The van der Waals surface area contributed by atoms with Gasteiger partial charge in [0.25, 0.3) is 0 Å². The Labute approximate surface area is 114 Å². The minimum atomic E-state index is -0.923. The Morgan fingerprint density at radius 3 is 2.74 bits per heavy atom. The summed E-state index contributed by atoms with van der Waals surface area (Å²) in [5.74, 6) is -0.106. The summed E-state index contributed by atoms with van der Waals surface area (Å²) in [6.45, 7) is 2.19. The molecule has 1 N–H and O–H groups in total. The highest BCUT2D eigenvalue weighted by Gasteiger charge is 2.03. The third-order valence-corrected chi connectivity index (χ3v) is 3.06. The Kier molecular flexibility index (Phi) is 6.72. The number of carbonyl (C=O) groups is 1. The van der Waals surface area contributed by atoms with Crippen LogP contribution in [-0.4, -0.2) is 18.2 Å². The van der Waals surface area contributed by atoms with Gasteiger partial charge in [0.2, 0.25) is 0 Å². The third kappa shape index (κ3) is 5.60. The first-order valence-corrected chi connectivity index (χ1v) is 6.75. The van der Waals surface area contributed by atoms with Gasteiger partial charge >= 0.3 is 5.97 Å². The number of carboxylic acid groups (broad SMARTS) is 1. The van der Waals surface area contributed by atoms with Crippen molar-refractivity contribution >= 4 is 12.0 Å². The van der Waals surface area contributed by atoms with Crippen molar-refractivity contribution in [2.75, 3.05) is 7.11 Å². The van der Waals surface area contributed by atoms with E-state index in [1.807, 2.05) is 18.2 Å². The van der Waals surface area contributed by atoms with Crippen molar-refractivity contribution in [3.05, 3.63) is 35.4 Å². The summed E-state index contributed by atoms with van der Waals surface area (Å²) in [7, 11) is 1.64. The molecule has 19 heavy (non-hydrogen) atoms. The number of aliphatic carboxylic acids is 1. The summed E-state index contributed by atoms with van der Waals surface area (Å²) in [4.78, 5) is 10.6. The van der Waals surface area contributed by atoms with Gasteiger partial charge in [-0.05, 0) is 42.2 Å². The van der Waals surface area contributed by atoms with E-state index in [0.717, 1.165) is 29.7 Å². The van der Waals surface area contributed by atoms with Crippen LogP contribution in [0.15, 0.2) is 24.3 Å². The van der Waals surface area contributed by atoms with Gasteiger partial charge in [0, 0.05) is 6.08 Å². The highest BCUT2D eigenvalue weighted by Crippen LogP contribution is 2.21. The maximum absolute atomic E-state index is 10.6. The molecule has 0 aliphatic rings. The fourth-order valence-corrected chi connectivity index (χ4v) is 1.99. The normalized spacial score (nSPS) is 10.8. The van der Waals surface area contributed by atoms with Gasteiger partial charge in [-0.25, -0.2) is 4.79 Å². The Morgan fingerprint density at radius 2 is 2.11 bits per heavy atom. The van der Waals surface area contributed by atoms with Crippen molar-refractivity contribution in [3.8, 4) is 5.75 Å². The van der Waals surface area contributed by atoms with Crippen molar-refractivity contribution in [1.29, 1.82) is 0 Å². The number of carboxylic acids is 1. The van der Waals surface area contributed by atoms with E-state index in [0.29, 0.717) is 0 Å². The molecule has 0 radical (unpaired) electrons. The summed E-state index contributed by atoms with van der Waals surface area (Å²) in [5, 5.41) is 8.70. The second kappa shape index (κ2) is 8.35. The van der Waals surface area contributed by atoms with Crippen LogP contribution in [0.2, 0.25) is 0 Å². The van der Waals surface area contributed by atoms with Crippen molar-refractivity contribution in [2.24, 2.45) is 0 Å². The summed E-state index contributed by atoms with van der Waals surface area (Å²) in [6, 6.07) is 5.76. The molecule has 0 saturated carbocycles. The van der Waals surface area contributed by atoms with Gasteiger partial charge in [-0.15, -0.1) is 0 Å². The maximum atomic E-state index is 10.6. The average Bonchev–Trinajstić information content (AvgIpc) is 2.41. The van der Waals surface area contributed by atoms with E-state index in [4.69, 9.17) is 9.84 Å². The summed E-state index contributed by atoms with van der Waals surface area (Å²) >= 11 is 0. The van der Waals surface area contributed by atoms with Crippen LogP contribution in [0.5, 0.6) is 5.75 Å². The molecule has 0 bridgehead atoms. The van der Waals surface area contributed by atoms with Gasteiger partial charge in [0.1, 0.15) is 5.75 Å². The van der Waals surface area contributed by atoms with Gasteiger partial charge in [0.05, 0.1) is 7.11 Å². The standard InChI is InChI=1S/C16H22O3/c1-3-4-5-6-7-14-12-15(19-2)10-8-13(14)9-11-16(17)18/h8-12H,3-7H2,1-2H3,(H,17,18)/b11-9+. The van der Waals surface area contributed by atoms with Gasteiger partial charge in [0.15, 0.2) is 0 Å². The van der Waals surface area contributed by atoms with Gasteiger partial charge < -0.3 is 9.84 Å². The molecule has 0 heterocycles. The van der Waals surface area contributed by atoms with E-state index in [-0.39, 0.29) is 0 Å². The molecule has 0 saturated heterocycles. The molecule has 0 atom stereocenters. The van der Waals surface area contributed by atoms with E-state index in [2.05, 4.69) is 6.92 Å². The fourth-order valence-electron chi connectivity index (χ4n) is 1.99. The summed E-state index contributed by atoms with van der Waals surface area (Å²) in [5.41, 5.74) is 2.10. The molecule has 0 aromatic heterocycles. The van der Waals surface area contributed by atoms with E-state index >= 15 is 0 Å². The molecule has 1 rings (SSSR count). The first-order chi connectivity index (χ1) is 9.17. The number of ether oxygens (including phenoxy) is 1. The van der Waals surface area contributed by atoms with Crippen LogP contribution < -0.4 is 4.74 Å². The number of unbranched alkanes of at least 4 members (excludes halogenated alkanes) is 3. The topological polar surface area (TPSA) is 46.5 Å². The Balaban J connectivity index is 2.80. The lowest BCUT2D eigenvalue weighted by Crippen LogP contribution is -1.94. The predicted molar refractivity (Wildman–Crippen MR) is 77.5 cm³/mol. The highest BCUT2D eigenvalue weighted by atomic mass is 16.5. The van der Waals surface area contributed by atoms with E-state index in [1.54, 1.807) is 13.2 Å². The van der Waals surface area contributed by atoms with E-state index in [9.17, 15) is 4.79 Å². The molecule has 3 heteroatoms. The molecule has 0 amide bonds. The lowest BCUT2D eigenvalue weighted by molar-refractivity contribution is -0.131. The molecule has 0 aliphatic carbocycles. The monoisotopic (exact) mass is 262 g/mol. The van der Waals surface area contributed by atoms with Crippen LogP contribution in [0.1, 0.15) is 43.7 Å². The largest absolute Gasteiger partial charge is 0.497 e. The molecular formula is C16H22O3. The molecule has 0 aliphatic heterocycles. The first kappa shape index (κ1) is 15.3. The maximum Gasteiger partial charge on any atom is 0.328 e. The Hall–Kier alpha value is -1.77. The molecule has 0 unspecified atom stereocenters. The molecule has 1 aromatic rings. The highest BCUT2D eigenvalue weighted by molar-refractivity contribution is 5.85. The Morgan fingerprint density at radius 1 is 1.32 bits per heavy atom. The number of aryl methyl sites for hydroxylation is 1. The molecule has 104 valence electrons. The molecule has 3 nitrogen and oxygen atoms in total. The molecule has 0 fully saturated rings. The van der Waals surface area contributed by atoms with Gasteiger partial charge in [-0.3, -0.25) is 0 Å². The minimum absolute atomic E-state index is 0.818. The second-order valence-electron chi connectivity index (χ2n) is 4.55. The van der Waals surface area contributed by atoms with E-state index < -0.39 is 5.97 Å². The van der Waals surface area contributed by atoms with Crippen molar-refractivity contribution in [3.63, 3.8) is 0 Å². The number of methoxy groups -OCH3 is 1. The Bertz CT molecular complexity index is 436. The number of hydrogen-bond donors (Lipinski definition) is 1. The first-order valence-electron chi connectivity index (χ1n) is 6.75. The van der Waals surface area contributed by atoms with Crippen LogP contribution in [0.4, 0.5) is 0 Å². The zero-order valence-corrected chi connectivity index (χ0v) is 11.7. The average molecular weight is 262 g/mol. The van der Waals surface area contributed by atoms with Crippen molar-refractivity contribution < 1.29 is 14.6 Å². The lowest BCUT2D eigenvalue weighted by Gasteiger charge is -2.08. The van der Waals surface area contributed by atoms with E-state index in [1.165, 1.54) is 25.3 Å². The number of rotatable bonds is 8. The molecular weight excluding hydrogens is 240 g/mol. The predicted octanol–water partition coefficient (Wildman–Crippen LogP) is 3.92. The van der Waals surface area contributed by atoms with Crippen LogP contribution in [0.25, 0.3) is 6.08 Å².